The molecule has 0 saturated heterocycles. The van der Waals surface area contributed by atoms with Crippen LogP contribution in [0.5, 0.6) is 0 Å². The Labute approximate surface area is 59.0 Å². The molecule has 0 amide bonds. The number of rotatable bonds is 0. The second kappa shape index (κ2) is 2.29. The van der Waals surface area contributed by atoms with Crippen LogP contribution < -0.4 is 0 Å². The van der Waals surface area contributed by atoms with Crippen LogP contribution in [0.15, 0.2) is 11.6 Å². The Morgan fingerprint density at radius 1 is 1.44 bits per heavy atom. The van der Waals surface area contributed by atoms with Crippen molar-refractivity contribution in [1.82, 2.24) is 0 Å². The van der Waals surface area contributed by atoms with Crippen LogP contribution in [0.4, 0.5) is 0 Å². The molecule has 0 N–H and O–H groups in total. The minimum Gasteiger partial charge on any atom is -0.0883 e. The summed E-state index contributed by atoms with van der Waals surface area (Å²) in [5, 5.41) is 0. The molecule has 0 atom stereocenters. The minimum absolute atomic E-state index is 0.709. The molecular weight excluding hydrogens is 124 g/mol. The van der Waals surface area contributed by atoms with Gasteiger partial charge in [-0.25, -0.2) is 0 Å². The Morgan fingerprint density at radius 3 is 2.44 bits per heavy atom. The monoisotopic (exact) mass is 140 g/mol. The molecular formula is C8H16Si. The fourth-order valence-corrected chi connectivity index (χ4v) is 3.37. The first kappa shape index (κ1) is 7.07. The van der Waals surface area contributed by atoms with Crippen molar-refractivity contribution in [1.29, 1.82) is 0 Å². The molecule has 1 aliphatic heterocycles. The van der Waals surface area contributed by atoms with E-state index in [1.807, 2.05) is 0 Å². The first-order chi connectivity index (χ1) is 4.10. The predicted molar refractivity (Wildman–Crippen MR) is 45.5 cm³/mol. The van der Waals surface area contributed by atoms with Gasteiger partial charge in [0.25, 0.3) is 0 Å². The summed E-state index contributed by atoms with van der Waals surface area (Å²) in [4.78, 5) is 0. The third-order valence-electron chi connectivity index (χ3n) is 2.20. The molecule has 1 rings (SSSR count). The number of hydrogen-bond donors (Lipinski definition) is 0. The quantitative estimate of drug-likeness (QED) is 0.358. The molecule has 0 saturated carbocycles. The van der Waals surface area contributed by atoms with Gasteiger partial charge in [0.2, 0.25) is 0 Å². The molecule has 0 aromatic heterocycles. The molecule has 0 aromatic rings. The molecule has 0 nitrogen and oxygen atoms in total. The van der Waals surface area contributed by atoms with E-state index in [1.54, 1.807) is 5.57 Å². The molecule has 0 radical (unpaired) electrons. The van der Waals surface area contributed by atoms with Crippen molar-refractivity contribution >= 4 is 8.07 Å². The van der Waals surface area contributed by atoms with Crippen molar-refractivity contribution in [2.75, 3.05) is 0 Å². The van der Waals surface area contributed by atoms with Crippen molar-refractivity contribution in [3.05, 3.63) is 11.6 Å². The summed E-state index contributed by atoms with van der Waals surface area (Å²) in [5.41, 5.74) is 1.61. The Morgan fingerprint density at radius 2 is 2.11 bits per heavy atom. The van der Waals surface area contributed by atoms with Crippen molar-refractivity contribution in [2.24, 2.45) is 0 Å². The van der Waals surface area contributed by atoms with Gasteiger partial charge in [-0.1, -0.05) is 30.8 Å². The fraction of sp³-hybridized carbons (Fsp3) is 0.750. The van der Waals surface area contributed by atoms with Gasteiger partial charge in [0.1, 0.15) is 0 Å². The summed E-state index contributed by atoms with van der Waals surface area (Å²) < 4.78 is 0. The van der Waals surface area contributed by atoms with Crippen molar-refractivity contribution in [3.63, 3.8) is 0 Å². The first-order valence-electron chi connectivity index (χ1n) is 3.76. The Hall–Kier alpha value is -0.0431. The van der Waals surface area contributed by atoms with E-state index in [1.165, 1.54) is 18.5 Å². The highest BCUT2D eigenvalue weighted by Crippen LogP contribution is 2.26. The molecule has 9 heavy (non-hydrogen) atoms. The van der Waals surface area contributed by atoms with Gasteiger partial charge in [-0.3, -0.25) is 0 Å². The lowest BCUT2D eigenvalue weighted by molar-refractivity contribution is 1.02. The lowest BCUT2D eigenvalue weighted by atomic mass is 10.2. The van der Waals surface area contributed by atoms with Gasteiger partial charge in [-0.2, -0.15) is 0 Å². The maximum Gasteiger partial charge on any atom is 0.0514 e. The summed E-state index contributed by atoms with van der Waals surface area (Å²) in [6, 6.07) is 2.92. The highest BCUT2D eigenvalue weighted by Gasteiger charge is 2.21. The van der Waals surface area contributed by atoms with E-state index in [0.29, 0.717) is 0 Å². The Kier molecular flexibility index (Phi) is 1.80. The van der Waals surface area contributed by atoms with E-state index in [4.69, 9.17) is 0 Å². The van der Waals surface area contributed by atoms with Crippen LogP contribution in [0.3, 0.4) is 0 Å². The van der Waals surface area contributed by atoms with Gasteiger partial charge < -0.3 is 0 Å². The fourth-order valence-electron chi connectivity index (χ4n) is 1.19. The minimum atomic E-state index is -0.709. The van der Waals surface area contributed by atoms with Crippen LogP contribution in [0.2, 0.25) is 25.2 Å². The molecule has 1 aliphatic rings. The van der Waals surface area contributed by atoms with Crippen molar-refractivity contribution in [2.45, 2.75) is 38.5 Å². The number of allylic oxidation sites excluding steroid dienone is 2. The number of hydrogen-bond acceptors (Lipinski definition) is 0. The highest BCUT2D eigenvalue weighted by atomic mass is 28.3. The van der Waals surface area contributed by atoms with Gasteiger partial charge in [-0.15, -0.1) is 0 Å². The lowest BCUT2D eigenvalue weighted by Crippen LogP contribution is -2.26. The van der Waals surface area contributed by atoms with Crippen LogP contribution in [0.1, 0.15) is 13.3 Å². The maximum absolute atomic E-state index is 2.48. The van der Waals surface area contributed by atoms with Gasteiger partial charge in [-0.05, 0) is 19.4 Å². The summed E-state index contributed by atoms with van der Waals surface area (Å²) in [6.07, 6.45) is 3.81. The van der Waals surface area contributed by atoms with Crippen LogP contribution >= 0.6 is 0 Å². The Bertz CT molecular complexity index is 134. The molecule has 0 spiro atoms. The third kappa shape index (κ3) is 1.97. The smallest absolute Gasteiger partial charge is 0.0514 e. The van der Waals surface area contributed by atoms with Gasteiger partial charge in [0, 0.05) is 0 Å². The average Bonchev–Trinajstić information content (AvgIpc) is 1.78. The topological polar surface area (TPSA) is 0 Å². The predicted octanol–water partition coefficient (Wildman–Crippen LogP) is 3.04. The highest BCUT2D eigenvalue weighted by molar-refractivity contribution is 6.78. The van der Waals surface area contributed by atoms with Gasteiger partial charge in [0.05, 0.1) is 8.07 Å². The molecule has 0 aromatic carbocycles. The second-order valence-corrected chi connectivity index (χ2v) is 9.16. The lowest BCUT2D eigenvalue weighted by Gasteiger charge is -2.25. The van der Waals surface area contributed by atoms with Crippen molar-refractivity contribution < 1.29 is 0 Å². The van der Waals surface area contributed by atoms with E-state index in [2.05, 4.69) is 26.1 Å². The van der Waals surface area contributed by atoms with E-state index in [-0.39, 0.29) is 0 Å². The molecule has 0 bridgehead atoms. The van der Waals surface area contributed by atoms with Crippen LogP contribution in [0, 0.1) is 0 Å². The molecule has 1 heteroatoms. The van der Waals surface area contributed by atoms with E-state index in [0.717, 1.165) is 0 Å². The third-order valence-corrected chi connectivity index (χ3v) is 5.11. The molecule has 0 aliphatic carbocycles. The maximum atomic E-state index is 2.48. The zero-order chi connectivity index (χ0) is 6.91. The summed E-state index contributed by atoms with van der Waals surface area (Å²) >= 11 is 0. The zero-order valence-electron chi connectivity index (χ0n) is 6.70. The summed E-state index contributed by atoms with van der Waals surface area (Å²) in [5.74, 6) is 0. The van der Waals surface area contributed by atoms with Crippen LogP contribution in [-0.4, -0.2) is 8.07 Å². The van der Waals surface area contributed by atoms with Gasteiger partial charge in [0.15, 0.2) is 0 Å². The molecule has 0 unspecified atom stereocenters. The van der Waals surface area contributed by atoms with E-state index in [9.17, 15) is 0 Å². The first-order valence-corrected chi connectivity index (χ1v) is 7.17. The molecule has 52 valence electrons. The zero-order valence-corrected chi connectivity index (χ0v) is 7.70. The van der Waals surface area contributed by atoms with Gasteiger partial charge >= 0.3 is 0 Å². The van der Waals surface area contributed by atoms with E-state index < -0.39 is 8.07 Å². The molecule has 0 fully saturated rings. The average molecular weight is 140 g/mol. The normalized spacial score (nSPS) is 25.4. The Balaban J connectivity index is 2.56. The second-order valence-electron chi connectivity index (χ2n) is 3.92. The largest absolute Gasteiger partial charge is 0.0883 e. The SMILES string of the molecule is CC1=CC[Si](C)(C)CC1. The van der Waals surface area contributed by atoms with Crippen LogP contribution in [-0.2, 0) is 0 Å². The summed E-state index contributed by atoms with van der Waals surface area (Å²) in [7, 11) is -0.709. The summed E-state index contributed by atoms with van der Waals surface area (Å²) in [6.45, 7) is 7.22. The van der Waals surface area contributed by atoms with Crippen LogP contribution in [0.25, 0.3) is 0 Å². The van der Waals surface area contributed by atoms with E-state index >= 15 is 0 Å². The van der Waals surface area contributed by atoms with Crippen molar-refractivity contribution in [3.8, 4) is 0 Å². The standard InChI is InChI=1S/C8H16Si/c1-8-4-6-9(2,3)7-5-8/h4H,5-7H2,1-3H3. The molecule has 1 heterocycles.